The Labute approximate surface area is 114 Å². The summed E-state index contributed by atoms with van der Waals surface area (Å²) in [6.07, 6.45) is 12.7. The van der Waals surface area contributed by atoms with Gasteiger partial charge in [0.25, 0.3) is 0 Å². The Morgan fingerprint density at radius 2 is 1.83 bits per heavy atom. The van der Waals surface area contributed by atoms with Crippen LogP contribution in [-0.4, -0.2) is 37.1 Å². The SMILES string of the molecule is CCC1CCC(NCCC2CCCCN2C)CC1. The van der Waals surface area contributed by atoms with E-state index in [1.807, 2.05) is 0 Å². The van der Waals surface area contributed by atoms with Crippen LogP contribution in [0.1, 0.15) is 64.7 Å². The second-order valence-electron chi connectivity index (χ2n) is 6.50. The highest BCUT2D eigenvalue weighted by Crippen LogP contribution is 2.26. The minimum Gasteiger partial charge on any atom is -0.314 e. The molecule has 2 aliphatic rings. The molecule has 1 N–H and O–H groups in total. The Kier molecular flexibility index (Phi) is 5.97. The number of piperidine rings is 1. The summed E-state index contributed by atoms with van der Waals surface area (Å²) < 4.78 is 0. The van der Waals surface area contributed by atoms with Crippen molar-refractivity contribution in [3.05, 3.63) is 0 Å². The Balaban J connectivity index is 1.58. The van der Waals surface area contributed by atoms with Crippen molar-refractivity contribution >= 4 is 0 Å². The van der Waals surface area contributed by atoms with Gasteiger partial charge < -0.3 is 10.2 Å². The molecule has 2 fully saturated rings. The van der Waals surface area contributed by atoms with Crippen molar-refractivity contribution in [3.8, 4) is 0 Å². The first kappa shape index (κ1) is 14.3. The van der Waals surface area contributed by atoms with E-state index in [0.717, 1.165) is 18.0 Å². The number of nitrogens with one attached hydrogen (secondary N) is 1. The van der Waals surface area contributed by atoms with Gasteiger partial charge in [-0.05, 0) is 71.0 Å². The number of hydrogen-bond acceptors (Lipinski definition) is 2. The van der Waals surface area contributed by atoms with Crippen LogP contribution in [0.15, 0.2) is 0 Å². The molecule has 1 saturated heterocycles. The molecule has 2 rings (SSSR count). The summed E-state index contributed by atoms with van der Waals surface area (Å²) in [5.74, 6) is 1.02. The van der Waals surface area contributed by atoms with Crippen molar-refractivity contribution in [1.29, 1.82) is 0 Å². The summed E-state index contributed by atoms with van der Waals surface area (Å²) >= 11 is 0. The largest absolute Gasteiger partial charge is 0.314 e. The molecular formula is C16H32N2. The van der Waals surface area contributed by atoms with E-state index in [-0.39, 0.29) is 0 Å². The second-order valence-corrected chi connectivity index (χ2v) is 6.50. The fourth-order valence-electron chi connectivity index (χ4n) is 3.74. The van der Waals surface area contributed by atoms with E-state index < -0.39 is 0 Å². The average molecular weight is 252 g/mol. The lowest BCUT2D eigenvalue weighted by Gasteiger charge is -2.34. The second kappa shape index (κ2) is 7.49. The Morgan fingerprint density at radius 1 is 1.06 bits per heavy atom. The monoisotopic (exact) mass is 252 g/mol. The van der Waals surface area contributed by atoms with Gasteiger partial charge in [-0.2, -0.15) is 0 Å². The van der Waals surface area contributed by atoms with Crippen LogP contribution in [0.3, 0.4) is 0 Å². The number of likely N-dealkylation sites (tertiary alicyclic amines) is 1. The molecule has 1 aliphatic carbocycles. The summed E-state index contributed by atoms with van der Waals surface area (Å²) in [5, 5.41) is 3.81. The maximum absolute atomic E-state index is 3.81. The van der Waals surface area contributed by atoms with Gasteiger partial charge in [-0.1, -0.05) is 19.8 Å². The van der Waals surface area contributed by atoms with E-state index >= 15 is 0 Å². The molecule has 1 heterocycles. The molecule has 0 radical (unpaired) electrons. The molecule has 1 atom stereocenters. The fourth-order valence-corrected chi connectivity index (χ4v) is 3.74. The van der Waals surface area contributed by atoms with Crippen LogP contribution in [0, 0.1) is 5.92 Å². The van der Waals surface area contributed by atoms with Crippen LogP contribution in [0.5, 0.6) is 0 Å². The van der Waals surface area contributed by atoms with Crippen LogP contribution in [0.25, 0.3) is 0 Å². The maximum Gasteiger partial charge on any atom is 0.0104 e. The lowest BCUT2D eigenvalue weighted by atomic mass is 9.84. The van der Waals surface area contributed by atoms with Crippen LogP contribution in [-0.2, 0) is 0 Å². The molecule has 0 aromatic carbocycles. The van der Waals surface area contributed by atoms with Gasteiger partial charge in [0.05, 0.1) is 0 Å². The first-order valence-corrected chi connectivity index (χ1v) is 8.23. The third-order valence-electron chi connectivity index (χ3n) is 5.26. The van der Waals surface area contributed by atoms with Gasteiger partial charge in [-0.25, -0.2) is 0 Å². The number of nitrogens with zero attached hydrogens (tertiary/aromatic N) is 1. The van der Waals surface area contributed by atoms with Gasteiger partial charge in [0, 0.05) is 12.1 Å². The molecule has 1 unspecified atom stereocenters. The van der Waals surface area contributed by atoms with Gasteiger partial charge in [0.2, 0.25) is 0 Å². The van der Waals surface area contributed by atoms with Crippen molar-refractivity contribution in [2.24, 2.45) is 5.92 Å². The predicted octanol–water partition coefficient (Wildman–Crippen LogP) is 3.42. The highest BCUT2D eigenvalue weighted by molar-refractivity contribution is 4.79. The zero-order chi connectivity index (χ0) is 12.8. The Morgan fingerprint density at radius 3 is 2.50 bits per heavy atom. The number of rotatable bonds is 5. The van der Waals surface area contributed by atoms with Gasteiger partial charge in [-0.15, -0.1) is 0 Å². The number of hydrogen-bond donors (Lipinski definition) is 1. The van der Waals surface area contributed by atoms with Crippen molar-refractivity contribution < 1.29 is 0 Å². The molecule has 0 spiro atoms. The standard InChI is InChI=1S/C16H32N2/c1-3-14-7-9-15(10-8-14)17-12-11-16-6-4-5-13-18(16)2/h14-17H,3-13H2,1-2H3. The van der Waals surface area contributed by atoms with Gasteiger partial charge in [0.15, 0.2) is 0 Å². The smallest absolute Gasteiger partial charge is 0.0104 e. The highest BCUT2D eigenvalue weighted by atomic mass is 15.1. The summed E-state index contributed by atoms with van der Waals surface area (Å²) in [5.41, 5.74) is 0. The lowest BCUT2D eigenvalue weighted by Crippen LogP contribution is -2.40. The molecule has 0 bridgehead atoms. The molecule has 0 aromatic rings. The van der Waals surface area contributed by atoms with E-state index in [1.54, 1.807) is 0 Å². The summed E-state index contributed by atoms with van der Waals surface area (Å²) in [6, 6.07) is 1.67. The van der Waals surface area contributed by atoms with Crippen LogP contribution >= 0.6 is 0 Å². The average Bonchev–Trinajstić information content (AvgIpc) is 2.42. The van der Waals surface area contributed by atoms with E-state index in [4.69, 9.17) is 0 Å². The van der Waals surface area contributed by atoms with Crippen molar-refractivity contribution in [2.75, 3.05) is 20.1 Å². The Bertz CT molecular complexity index is 221. The quantitative estimate of drug-likeness (QED) is 0.806. The van der Waals surface area contributed by atoms with Crippen molar-refractivity contribution in [2.45, 2.75) is 76.8 Å². The summed E-state index contributed by atoms with van der Waals surface area (Å²) in [4.78, 5) is 2.57. The molecule has 2 nitrogen and oxygen atoms in total. The van der Waals surface area contributed by atoms with Gasteiger partial charge >= 0.3 is 0 Å². The molecule has 0 amide bonds. The first-order valence-electron chi connectivity index (χ1n) is 8.23. The van der Waals surface area contributed by atoms with Crippen molar-refractivity contribution in [3.63, 3.8) is 0 Å². The van der Waals surface area contributed by atoms with E-state index in [2.05, 4.69) is 24.2 Å². The minimum absolute atomic E-state index is 0.821. The van der Waals surface area contributed by atoms with E-state index in [1.165, 1.54) is 70.9 Å². The first-order chi connectivity index (χ1) is 8.79. The Hall–Kier alpha value is -0.0800. The molecule has 1 saturated carbocycles. The molecule has 2 heteroatoms. The molecule has 18 heavy (non-hydrogen) atoms. The normalized spacial score (nSPS) is 34.7. The predicted molar refractivity (Wildman–Crippen MR) is 78.9 cm³/mol. The zero-order valence-corrected chi connectivity index (χ0v) is 12.5. The van der Waals surface area contributed by atoms with Gasteiger partial charge in [-0.3, -0.25) is 0 Å². The lowest BCUT2D eigenvalue weighted by molar-refractivity contribution is 0.172. The maximum atomic E-state index is 3.81. The van der Waals surface area contributed by atoms with Crippen molar-refractivity contribution in [1.82, 2.24) is 10.2 Å². The fraction of sp³-hybridized carbons (Fsp3) is 1.00. The van der Waals surface area contributed by atoms with E-state index in [0.29, 0.717) is 0 Å². The van der Waals surface area contributed by atoms with Gasteiger partial charge in [0.1, 0.15) is 0 Å². The van der Waals surface area contributed by atoms with Crippen LogP contribution in [0.2, 0.25) is 0 Å². The minimum atomic E-state index is 0.821. The summed E-state index contributed by atoms with van der Waals surface area (Å²) in [6.45, 7) is 4.89. The summed E-state index contributed by atoms with van der Waals surface area (Å²) in [7, 11) is 2.30. The van der Waals surface area contributed by atoms with E-state index in [9.17, 15) is 0 Å². The molecule has 1 aliphatic heterocycles. The van der Waals surface area contributed by atoms with Crippen LogP contribution < -0.4 is 5.32 Å². The third kappa shape index (κ3) is 4.24. The topological polar surface area (TPSA) is 15.3 Å². The van der Waals surface area contributed by atoms with Crippen LogP contribution in [0.4, 0.5) is 0 Å². The molecular weight excluding hydrogens is 220 g/mol. The zero-order valence-electron chi connectivity index (χ0n) is 12.5. The highest BCUT2D eigenvalue weighted by Gasteiger charge is 2.21. The third-order valence-corrected chi connectivity index (χ3v) is 5.26. The molecule has 106 valence electrons. The molecule has 0 aromatic heterocycles.